The Labute approximate surface area is 210 Å². The molecule has 0 spiro atoms. The second-order valence-corrected chi connectivity index (χ2v) is 6.65. The Hall–Kier alpha value is -2.38. The topological polar surface area (TPSA) is 0 Å². The summed E-state index contributed by atoms with van der Waals surface area (Å²) in [5.41, 5.74) is 1.41. The molecule has 4 rings (SSSR count). The summed E-state index contributed by atoms with van der Waals surface area (Å²) in [4.78, 5) is 1.47. The first-order valence-electron chi connectivity index (χ1n) is 12.8. The molecule has 1 heterocycles. The summed E-state index contributed by atoms with van der Waals surface area (Å²) in [5.74, 6) is 0. The highest BCUT2D eigenvalue weighted by atomic mass is 32.1. The normalized spacial score (nSPS) is 7.94. The summed E-state index contributed by atoms with van der Waals surface area (Å²) in [6.45, 7) is 20.3. The van der Waals surface area contributed by atoms with Crippen molar-refractivity contribution in [1.29, 1.82) is 0 Å². The zero-order chi connectivity index (χ0) is 25.7. The molecule has 4 aromatic rings. The predicted molar refractivity (Wildman–Crippen MR) is 159 cm³/mol. The summed E-state index contributed by atoms with van der Waals surface area (Å²) in [6, 6.07) is 31.4. The largest absolute Gasteiger partial charge is 0.149 e. The first-order valence-corrected chi connectivity index (χ1v) is 13.7. The van der Waals surface area contributed by atoms with Gasteiger partial charge >= 0.3 is 0 Å². The zero-order valence-corrected chi connectivity index (χ0v) is 23.9. The van der Waals surface area contributed by atoms with Crippen LogP contribution < -0.4 is 0 Å². The van der Waals surface area contributed by atoms with Crippen LogP contribution in [0.25, 0.3) is 10.8 Å². The molecule has 0 aliphatic carbocycles. The summed E-state index contributed by atoms with van der Waals surface area (Å²) < 4.78 is 0. The molecule has 1 aromatic heterocycles. The Balaban J connectivity index is -0.000000359. The van der Waals surface area contributed by atoms with Crippen LogP contribution in [0.2, 0.25) is 0 Å². The van der Waals surface area contributed by atoms with Gasteiger partial charge in [-0.1, -0.05) is 154 Å². The highest BCUT2D eigenvalue weighted by Crippen LogP contribution is 2.11. The molecule has 3 aromatic carbocycles. The first kappa shape index (κ1) is 35.2. The van der Waals surface area contributed by atoms with E-state index in [2.05, 4.69) is 104 Å². The van der Waals surface area contributed by atoms with Crippen LogP contribution in [0.4, 0.5) is 0 Å². The molecule has 0 bridgehead atoms. The zero-order valence-electron chi connectivity index (χ0n) is 23.1. The van der Waals surface area contributed by atoms with Crippen LogP contribution in [0.1, 0.15) is 79.7 Å². The lowest BCUT2D eigenvalue weighted by Gasteiger charge is -1.92. The van der Waals surface area contributed by atoms with Crippen molar-refractivity contribution in [3.8, 4) is 0 Å². The lowest BCUT2D eigenvalue weighted by molar-refractivity contribution is 1.14. The van der Waals surface area contributed by atoms with E-state index >= 15 is 0 Å². The van der Waals surface area contributed by atoms with Gasteiger partial charge in [-0.25, -0.2) is 0 Å². The van der Waals surface area contributed by atoms with E-state index in [1.165, 1.54) is 27.6 Å². The van der Waals surface area contributed by atoms with Crippen LogP contribution in [0, 0.1) is 0 Å². The van der Waals surface area contributed by atoms with Crippen LogP contribution in [0.3, 0.4) is 0 Å². The Morgan fingerprint density at radius 2 is 0.848 bits per heavy atom. The minimum absolute atomic E-state index is 1.14. The van der Waals surface area contributed by atoms with Crippen molar-refractivity contribution < 1.29 is 0 Å². The van der Waals surface area contributed by atoms with E-state index < -0.39 is 0 Å². The van der Waals surface area contributed by atoms with Crippen molar-refractivity contribution in [3.05, 3.63) is 107 Å². The van der Waals surface area contributed by atoms with E-state index in [0.717, 1.165) is 6.42 Å². The van der Waals surface area contributed by atoms with Crippen molar-refractivity contribution in [2.75, 3.05) is 0 Å². The monoisotopic (exact) mass is 466 g/mol. The van der Waals surface area contributed by atoms with Crippen molar-refractivity contribution in [3.63, 3.8) is 0 Å². The number of hydrogen-bond acceptors (Lipinski definition) is 1. The van der Waals surface area contributed by atoms with Gasteiger partial charge in [0.1, 0.15) is 0 Å². The number of thiophene rings is 1. The van der Waals surface area contributed by atoms with Gasteiger partial charge in [0.05, 0.1) is 0 Å². The van der Waals surface area contributed by atoms with Gasteiger partial charge in [0.15, 0.2) is 0 Å². The number of fused-ring (bicyclic) bond motifs is 1. The van der Waals surface area contributed by atoms with Gasteiger partial charge in [-0.15, -0.1) is 11.3 Å². The SMILES string of the molecule is CC.CC.CC.CC.CCc1ccccc1.CCc1cccs1.c1ccc2ccccc2c1. The first-order chi connectivity index (χ1) is 16.3. The maximum absolute atomic E-state index is 2.17. The van der Waals surface area contributed by atoms with Gasteiger partial charge in [-0.3, -0.25) is 0 Å². The Morgan fingerprint density at radius 3 is 1.09 bits per heavy atom. The summed E-state index contributed by atoms with van der Waals surface area (Å²) in [5, 5.41) is 4.73. The molecule has 33 heavy (non-hydrogen) atoms. The lowest BCUT2D eigenvalue weighted by Crippen LogP contribution is -1.73. The fraction of sp³-hybridized carbons (Fsp3) is 0.375. The third-order valence-electron chi connectivity index (χ3n) is 3.84. The molecule has 0 saturated carbocycles. The van der Waals surface area contributed by atoms with E-state index in [1.807, 2.05) is 72.8 Å². The third kappa shape index (κ3) is 18.9. The smallest absolute Gasteiger partial charge is 0.00424 e. The molecule has 0 unspecified atom stereocenters. The predicted octanol–water partition coefficient (Wildman–Crippen LogP) is 11.5. The van der Waals surface area contributed by atoms with E-state index in [4.69, 9.17) is 0 Å². The molecule has 0 N–H and O–H groups in total. The maximum Gasteiger partial charge on any atom is 0.00424 e. The molecule has 0 aliphatic rings. The Bertz CT molecular complexity index is 752. The van der Waals surface area contributed by atoms with E-state index in [1.54, 1.807) is 0 Å². The van der Waals surface area contributed by atoms with Crippen molar-refractivity contribution in [2.24, 2.45) is 0 Å². The Kier molecular flexibility index (Phi) is 31.6. The lowest BCUT2D eigenvalue weighted by atomic mass is 10.1. The Morgan fingerprint density at radius 1 is 0.455 bits per heavy atom. The number of rotatable bonds is 2. The molecular weight excluding hydrogens is 416 g/mol. The highest BCUT2D eigenvalue weighted by Gasteiger charge is 1.85. The van der Waals surface area contributed by atoms with Gasteiger partial charge in [0.25, 0.3) is 0 Å². The molecule has 184 valence electrons. The minimum Gasteiger partial charge on any atom is -0.149 e. The van der Waals surface area contributed by atoms with E-state index in [0.29, 0.717) is 0 Å². The summed E-state index contributed by atoms with van der Waals surface area (Å²) in [7, 11) is 0. The number of benzene rings is 3. The maximum atomic E-state index is 2.17. The van der Waals surface area contributed by atoms with Crippen LogP contribution in [0.15, 0.2) is 96.4 Å². The third-order valence-corrected chi connectivity index (χ3v) is 4.86. The molecular formula is C32H50S. The van der Waals surface area contributed by atoms with Crippen molar-refractivity contribution >= 4 is 22.1 Å². The molecule has 0 fully saturated rings. The van der Waals surface area contributed by atoms with E-state index in [-0.39, 0.29) is 0 Å². The second kappa shape index (κ2) is 29.6. The highest BCUT2D eigenvalue weighted by molar-refractivity contribution is 7.09. The molecule has 0 nitrogen and oxygen atoms in total. The average Bonchev–Trinajstić information content (AvgIpc) is 3.49. The van der Waals surface area contributed by atoms with Crippen molar-refractivity contribution in [2.45, 2.75) is 82.1 Å². The molecule has 0 amide bonds. The van der Waals surface area contributed by atoms with Gasteiger partial charge in [-0.05, 0) is 40.6 Å². The van der Waals surface area contributed by atoms with Crippen LogP contribution >= 0.6 is 11.3 Å². The summed E-state index contributed by atoms with van der Waals surface area (Å²) in [6.07, 6.45) is 2.32. The molecule has 1 heteroatoms. The van der Waals surface area contributed by atoms with Crippen LogP contribution in [0.5, 0.6) is 0 Å². The summed E-state index contributed by atoms with van der Waals surface area (Å²) >= 11 is 1.82. The van der Waals surface area contributed by atoms with E-state index in [9.17, 15) is 0 Å². The number of hydrogen-bond donors (Lipinski definition) is 0. The van der Waals surface area contributed by atoms with Gasteiger partial charge in [-0.2, -0.15) is 0 Å². The molecule has 0 radical (unpaired) electrons. The standard InChI is InChI=1S/C10H8.C8H10.C6H8S.4C2H6/c1-2-6-10-8-4-3-7-9(10)5-1;1-2-8-6-4-3-5-7-8;1-2-6-4-3-5-7-6;4*1-2/h1-8H;3-7H,2H2,1H3;3-5H,2H2,1H3;4*1-2H3. The fourth-order valence-electron chi connectivity index (χ4n) is 2.36. The number of aryl methyl sites for hydroxylation is 2. The van der Waals surface area contributed by atoms with Crippen LogP contribution in [-0.4, -0.2) is 0 Å². The van der Waals surface area contributed by atoms with Gasteiger partial charge in [0.2, 0.25) is 0 Å². The average molecular weight is 467 g/mol. The van der Waals surface area contributed by atoms with Gasteiger partial charge in [0, 0.05) is 4.88 Å². The second-order valence-electron chi connectivity index (χ2n) is 5.62. The van der Waals surface area contributed by atoms with Crippen molar-refractivity contribution in [1.82, 2.24) is 0 Å². The molecule has 0 atom stereocenters. The fourth-order valence-corrected chi connectivity index (χ4v) is 3.02. The minimum atomic E-state index is 1.14. The molecule has 0 aliphatic heterocycles. The quantitative estimate of drug-likeness (QED) is 0.275. The van der Waals surface area contributed by atoms with Crippen LogP contribution in [-0.2, 0) is 12.8 Å². The van der Waals surface area contributed by atoms with Gasteiger partial charge < -0.3 is 0 Å². The molecule has 0 saturated heterocycles.